The lowest BCUT2D eigenvalue weighted by Crippen LogP contribution is -2.29. The summed E-state index contributed by atoms with van der Waals surface area (Å²) in [5, 5.41) is 19.3. The summed E-state index contributed by atoms with van der Waals surface area (Å²) in [6.07, 6.45) is 15.8. The second-order valence-electron chi connectivity index (χ2n) is 13.6. The topological polar surface area (TPSA) is 222 Å². The molecule has 0 spiro atoms. The molecule has 1 aromatic carbocycles. The van der Waals surface area contributed by atoms with Crippen molar-refractivity contribution < 1.29 is 12.3 Å². The third-order valence-corrected chi connectivity index (χ3v) is 9.96. The third-order valence-electron chi connectivity index (χ3n) is 9.96. The van der Waals surface area contributed by atoms with Gasteiger partial charge < -0.3 is 24.3 Å². The molecule has 6 aromatic heterocycles. The summed E-state index contributed by atoms with van der Waals surface area (Å²) in [6.45, 7) is 5.92. The van der Waals surface area contributed by atoms with Gasteiger partial charge in [0.1, 0.15) is 47.3 Å². The number of nitrogens with one attached hydrogen (secondary N) is 2. The maximum Gasteiger partial charge on any atom is 0.323 e. The summed E-state index contributed by atoms with van der Waals surface area (Å²) < 4.78 is 14.2. The zero-order chi connectivity index (χ0) is 41.1. The first kappa shape index (κ1) is 40.0. The fourth-order valence-electron chi connectivity index (χ4n) is 7.26. The average Bonchev–Trinajstić information content (AvgIpc) is 4.06. The number of benzene rings is 1. The van der Waals surface area contributed by atoms with E-state index in [-0.39, 0.29) is 25.9 Å². The van der Waals surface area contributed by atoms with Crippen LogP contribution in [0, 0.1) is 22.7 Å². The number of hydrogen-bond acceptors (Lipinski definition) is 13. The number of anilines is 1. The lowest BCUT2D eigenvalue weighted by Gasteiger charge is -2.22. The van der Waals surface area contributed by atoms with Gasteiger partial charge in [0.05, 0.1) is 23.5 Å². The van der Waals surface area contributed by atoms with Crippen molar-refractivity contribution in [3.05, 3.63) is 111 Å². The van der Waals surface area contributed by atoms with Crippen LogP contribution in [0.3, 0.4) is 0 Å². The highest BCUT2D eigenvalue weighted by Crippen LogP contribution is 2.37. The van der Waals surface area contributed by atoms with Gasteiger partial charge in [0, 0.05) is 58.3 Å². The Kier molecular flexibility index (Phi) is 12.7. The summed E-state index contributed by atoms with van der Waals surface area (Å²) in [4.78, 5) is 59.3. The molecule has 17 nitrogen and oxygen atoms in total. The quantitative estimate of drug-likeness (QED) is 0.172. The lowest BCUT2D eigenvalue weighted by atomic mass is 10.0. The molecular weight excluding hydrogens is 751 g/mol. The van der Waals surface area contributed by atoms with E-state index >= 15 is 0 Å². The molecule has 59 heavy (non-hydrogen) atoms. The molecule has 7 aromatic rings. The number of ether oxygens (including phenoxy) is 2. The molecule has 0 atom stereocenters. The van der Waals surface area contributed by atoms with Crippen molar-refractivity contribution >= 4 is 28.3 Å². The van der Waals surface area contributed by atoms with E-state index in [4.69, 9.17) is 9.47 Å². The molecule has 2 fully saturated rings. The molecule has 2 aliphatic rings. The number of aromatic nitrogens is 10. The molecule has 0 radical (unpaired) electrons. The molecule has 0 bridgehead atoms. The molecule has 304 valence electrons. The number of H-pyrrole nitrogens is 2. The molecule has 0 unspecified atom stereocenters. The molecule has 0 amide bonds. The molecule has 2 N–H and O–H groups in total. The van der Waals surface area contributed by atoms with Crippen molar-refractivity contribution in [2.24, 2.45) is 0 Å². The largest absolute Gasteiger partial charge is 0.424 e. The summed E-state index contributed by atoms with van der Waals surface area (Å²) in [5.41, 5.74) is 2.71. The predicted octanol–water partition coefficient (Wildman–Crippen LogP) is 7.07. The van der Waals surface area contributed by atoms with E-state index < -0.39 is 0 Å². The number of nitriles is 2. The van der Waals surface area contributed by atoms with E-state index in [2.05, 4.69) is 52.0 Å². The highest BCUT2D eigenvalue weighted by atomic mass is 16.5. The van der Waals surface area contributed by atoms with Gasteiger partial charge in [0.15, 0.2) is 11.3 Å². The number of para-hydroxylation sites is 1. The van der Waals surface area contributed by atoms with Gasteiger partial charge in [-0.3, -0.25) is 18.7 Å². The molecular formula is C42H47N13O4. The van der Waals surface area contributed by atoms with Crippen LogP contribution in [0.5, 0.6) is 11.8 Å². The smallest absolute Gasteiger partial charge is 0.323 e. The average molecular weight is 798 g/mol. The van der Waals surface area contributed by atoms with E-state index in [0.717, 1.165) is 70.2 Å². The monoisotopic (exact) mass is 797 g/mol. The third kappa shape index (κ3) is 8.70. The van der Waals surface area contributed by atoms with Crippen LogP contribution in [0.15, 0.2) is 83.0 Å². The van der Waals surface area contributed by atoms with Gasteiger partial charge in [0.25, 0.3) is 11.1 Å². The van der Waals surface area contributed by atoms with Gasteiger partial charge in [0.2, 0.25) is 5.95 Å². The Hall–Kier alpha value is -7.24. The number of hydrogen-bond donors (Lipinski definition) is 2. The van der Waals surface area contributed by atoms with Crippen molar-refractivity contribution in [3.8, 4) is 35.5 Å². The highest BCUT2D eigenvalue weighted by Gasteiger charge is 2.26. The lowest BCUT2D eigenvalue weighted by molar-refractivity contribution is 0.133. The standard InChI is InChI=1S/C22H18N6O2.C18H19N7O2.C2H6.2H2/c23-12-16-19(14-6-4-5-7-14)27-21-20(16)28(18(29)13-25-21)17-10-11-24-22(26-17)30-15-8-2-1-3-9-15;19-9-13-10-21-17-16(13)25(15(26)11-22-17)14-5-6-20-18(23-14)24-7-3-1-2-4-8-27-12-24;1-2;;/h1-3,8-11,13-14,27H,4-7H2;5-6,10-11,21H,1-4,7-8,12H2;1-2H3;2*1H. The fraction of sp³-hybridized carbons (Fsp3) is 0.333. The highest BCUT2D eigenvalue weighted by molar-refractivity contribution is 5.82. The Balaban J connectivity index is 0.000000216. The van der Waals surface area contributed by atoms with E-state index in [1.165, 1.54) is 33.9 Å². The van der Waals surface area contributed by atoms with Gasteiger partial charge >= 0.3 is 6.01 Å². The minimum atomic E-state index is -0.375. The summed E-state index contributed by atoms with van der Waals surface area (Å²) in [6, 6.07) is 16.9. The predicted molar refractivity (Wildman–Crippen MR) is 224 cm³/mol. The van der Waals surface area contributed by atoms with E-state index in [9.17, 15) is 20.1 Å². The van der Waals surface area contributed by atoms with Crippen LogP contribution in [-0.4, -0.2) is 68.9 Å². The number of fused-ring (bicyclic) bond motifs is 2. The Morgan fingerprint density at radius 1 is 0.797 bits per heavy atom. The molecule has 9 rings (SSSR count). The SMILES string of the molecule is CC.N#Cc1c(C2CCCC2)[nH]c2ncc(=O)n(-c3ccnc(Oc4ccccc4)n3)c12.N#Cc1c[nH]c2ncc(=O)n(-c3ccnc(N4CCCCCCOC4)n3)c12.[HH].[HH]. The summed E-state index contributed by atoms with van der Waals surface area (Å²) in [5.74, 6) is 2.08. The normalized spacial score (nSPS) is 14.5. The summed E-state index contributed by atoms with van der Waals surface area (Å²) in [7, 11) is 0. The molecule has 17 heteroatoms. The van der Waals surface area contributed by atoms with E-state index in [0.29, 0.717) is 63.5 Å². The maximum atomic E-state index is 12.8. The first-order valence-electron chi connectivity index (χ1n) is 19.8. The zero-order valence-electron chi connectivity index (χ0n) is 32.8. The van der Waals surface area contributed by atoms with Crippen LogP contribution in [-0.2, 0) is 4.74 Å². The van der Waals surface area contributed by atoms with Crippen LogP contribution in [0.25, 0.3) is 34.0 Å². The van der Waals surface area contributed by atoms with Gasteiger partial charge in [-0.1, -0.05) is 57.7 Å². The van der Waals surface area contributed by atoms with Gasteiger partial charge in [-0.15, -0.1) is 0 Å². The first-order chi connectivity index (χ1) is 29.0. The molecule has 7 heterocycles. The van der Waals surface area contributed by atoms with Crippen molar-refractivity contribution in [2.45, 2.75) is 71.1 Å². The minimum Gasteiger partial charge on any atom is -0.424 e. The van der Waals surface area contributed by atoms with Gasteiger partial charge in [-0.2, -0.15) is 20.5 Å². The summed E-state index contributed by atoms with van der Waals surface area (Å²) >= 11 is 0. The van der Waals surface area contributed by atoms with Gasteiger partial charge in [-0.05, 0) is 37.8 Å². The minimum absolute atomic E-state index is 0. The van der Waals surface area contributed by atoms with Crippen LogP contribution >= 0.6 is 0 Å². The van der Waals surface area contributed by atoms with Crippen molar-refractivity contribution in [1.29, 1.82) is 10.5 Å². The van der Waals surface area contributed by atoms with Crippen molar-refractivity contribution in [3.63, 3.8) is 0 Å². The second kappa shape index (κ2) is 18.8. The zero-order valence-corrected chi connectivity index (χ0v) is 32.8. The van der Waals surface area contributed by atoms with Crippen molar-refractivity contribution in [1.82, 2.24) is 49.0 Å². The Morgan fingerprint density at radius 2 is 1.49 bits per heavy atom. The number of rotatable bonds is 6. The number of aromatic amines is 2. The van der Waals surface area contributed by atoms with Crippen LogP contribution in [0.2, 0.25) is 0 Å². The van der Waals surface area contributed by atoms with E-state index in [1.54, 1.807) is 30.5 Å². The Morgan fingerprint density at radius 3 is 2.24 bits per heavy atom. The Labute approximate surface area is 342 Å². The second-order valence-corrected chi connectivity index (χ2v) is 13.6. The van der Waals surface area contributed by atoms with Crippen molar-refractivity contribution in [2.75, 3.05) is 24.8 Å². The maximum absolute atomic E-state index is 12.8. The van der Waals surface area contributed by atoms with E-state index in [1.807, 2.05) is 36.9 Å². The fourth-order valence-corrected chi connectivity index (χ4v) is 7.26. The molecule has 1 saturated heterocycles. The molecule has 1 saturated carbocycles. The van der Waals surface area contributed by atoms with Crippen LogP contribution in [0.1, 0.15) is 90.8 Å². The Bertz CT molecular complexity index is 2740. The molecule has 1 aliphatic heterocycles. The van der Waals surface area contributed by atoms with Gasteiger partial charge in [-0.25, -0.2) is 19.9 Å². The van der Waals surface area contributed by atoms with Crippen LogP contribution < -0.4 is 20.8 Å². The molecule has 1 aliphatic carbocycles. The van der Waals surface area contributed by atoms with Crippen LogP contribution in [0.4, 0.5) is 5.95 Å². The number of nitrogens with zero attached hydrogens (tertiary/aromatic N) is 11. The first-order valence-corrected chi connectivity index (χ1v) is 19.8.